The van der Waals surface area contributed by atoms with Gasteiger partial charge in [-0.1, -0.05) is 32.0 Å². The minimum Gasteiger partial charge on any atom is -0.490 e. The highest BCUT2D eigenvalue weighted by Gasteiger charge is 2.39. The first-order valence-electron chi connectivity index (χ1n) is 11.3. The van der Waals surface area contributed by atoms with Crippen LogP contribution < -0.4 is 9.04 Å². The zero-order chi connectivity index (χ0) is 27.4. The Kier molecular flexibility index (Phi) is 8.45. The van der Waals surface area contributed by atoms with Crippen molar-refractivity contribution in [3.8, 4) is 17.0 Å². The van der Waals surface area contributed by atoms with Gasteiger partial charge < -0.3 is 4.74 Å². The number of ether oxygens (including phenoxy) is 1. The Morgan fingerprint density at radius 3 is 2.22 bits per heavy atom. The number of alkyl halides is 6. The van der Waals surface area contributed by atoms with E-state index in [-0.39, 0.29) is 34.4 Å². The lowest BCUT2D eigenvalue weighted by atomic mass is 10.1. The summed E-state index contributed by atoms with van der Waals surface area (Å²) in [4.78, 5) is 0. The predicted molar refractivity (Wildman–Crippen MR) is 126 cm³/mol. The smallest absolute Gasteiger partial charge is 0.416 e. The molecule has 3 rings (SSSR count). The summed E-state index contributed by atoms with van der Waals surface area (Å²) in [6, 6.07) is 9.73. The van der Waals surface area contributed by atoms with Crippen LogP contribution in [0.5, 0.6) is 5.75 Å². The number of benzene rings is 2. The molecule has 0 unspecified atom stereocenters. The first-order valence-corrected chi connectivity index (χ1v) is 12.9. The number of hydrogen-bond donors (Lipinski definition) is 1. The summed E-state index contributed by atoms with van der Waals surface area (Å²) in [5, 5.41) is 6.43. The van der Waals surface area contributed by atoms with Crippen LogP contribution in [0.25, 0.3) is 11.3 Å². The molecule has 1 heterocycles. The van der Waals surface area contributed by atoms with Gasteiger partial charge in [-0.05, 0) is 42.7 Å². The van der Waals surface area contributed by atoms with Crippen LogP contribution in [0.4, 0.5) is 32.0 Å². The number of nitrogens with one attached hydrogen (secondary N) is 1. The van der Waals surface area contributed by atoms with Gasteiger partial charge in [0.15, 0.2) is 5.75 Å². The van der Waals surface area contributed by atoms with Crippen molar-refractivity contribution in [2.45, 2.75) is 51.7 Å². The molecule has 0 fully saturated rings. The number of anilines is 1. The number of nitrogens with zero attached hydrogens (tertiary/aromatic N) is 2. The standard InChI is InChI=1S/C24H25F6N3O3S/c1-3-20(4-2)36-21-7-5-6-19(12-21)33(37(34,35)15-23(25,26)27)14-17-13-31-32-22(17)16-8-10-18(11-9-16)24(28,29)30/h5-13,20H,3-4,14-15H2,1-2H3,(H,31,32). The van der Waals surface area contributed by atoms with E-state index in [9.17, 15) is 34.8 Å². The number of aromatic nitrogens is 2. The van der Waals surface area contributed by atoms with Crippen molar-refractivity contribution in [1.82, 2.24) is 10.2 Å². The highest BCUT2D eigenvalue weighted by atomic mass is 32.2. The molecule has 0 aliphatic rings. The van der Waals surface area contributed by atoms with Crippen LogP contribution in [0.2, 0.25) is 0 Å². The van der Waals surface area contributed by atoms with Crippen molar-refractivity contribution >= 4 is 15.7 Å². The summed E-state index contributed by atoms with van der Waals surface area (Å²) >= 11 is 0. The van der Waals surface area contributed by atoms with Gasteiger partial charge in [0, 0.05) is 11.6 Å². The number of halogens is 6. The molecule has 0 saturated carbocycles. The van der Waals surface area contributed by atoms with Crippen LogP contribution in [0, 0.1) is 0 Å². The van der Waals surface area contributed by atoms with E-state index < -0.39 is 40.2 Å². The van der Waals surface area contributed by atoms with Gasteiger partial charge in [-0.25, -0.2) is 8.42 Å². The summed E-state index contributed by atoms with van der Waals surface area (Å²) in [7, 11) is -4.93. The first-order chi connectivity index (χ1) is 17.2. The molecule has 13 heteroatoms. The highest BCUT2D eigenvalue weighted by Crippen LogP contribution is 2.33. The topological polar surface area (TPSA) is 75.3 Å². The average Bonchev–Trinajstić information content (AvgIpc) is 3.27. The van der Waals surface area contributed by atoms with Gasteiger partial charge in [0.1, 0.15) is 5.75 Å². The monoisotopic (exact) mass is 549 g/mol. The van der Waals surface area contributed by atoms with E-state index in [1.807, 2.05) is 13.8 Å². The van der Waals surface area contributed by atoms with Gasteiger partial charge in [-0.15, -0.1) is 0 Å². The van der Waals surface area contributed by atoms with E-state index in [0.717, 1.165) is 12.1 Å². The fourth-order valence-corrected chi connectivity index (χ4v) is 5.00. The Balaban J connectivity index is 2.01. The molecule has 0 aliphatic heterocycles. The Bertz CT molecular complexity index is 1280. The maximum absolute atomic E-state index is 13.2. The number of hydrogen-bond acceptors (Lipinski definition) is 4. The van der Waals surface area contributed by atoms with Crippen LogP contribution in [0.1, 0.15) is 37.8 Å². The molecular formula is C24H25F6N3O3S. The van der Waals surface area contributed by atoms with Crippen molar-refractivity contribution < 1.29 is 39.5 Å². The molecule has 0 aliphatic carbocycles. The van der Waals surface area contributed by atoms with E-state index in [2.05, 4.69) is 10.2 Å². The van der Waals surface area contributed by atoms with Gasteiger partial charge in [0.05, 0.1) is 35.8 Å². The molecule has 0 amide bonds. The lowest BCUT2D eigenvalue weighted by Crippen LogP contribution is -2.37. The number of rotatable bonds is 10. The van der Waals surface area contributed by atoms with Crippen LogP contribution in [-0.2, 0) is 22.7 Å². The first kappa shape index (κ1) is 28.4. The largest absolute Gasteiger partial charge is 0.490 e. The molecule has 2 aromatic carbocycles. The number of sulfonamides is 1. The van der Waals surface area contributed by atoms with Crippen molar-refractivity contribution in [3.63, 3.8) is 0 Å². The molecule has 0 spiro atoms. The van der Waals surface area contributed by atoms with Gasteiger partial charge in [-0.3, -0.25) is 9.40 Å². The van der Waals surface area contributed by atoms with Gasteiger partial charge >= 0.3 is 12.4 Å². The Morgan fingerprint density at radius 2 is 1.65 bits per heavy atom. The molecule has 1 aromatic heterocycles. The zero-order valence-corrected chi connectivity index (χ0v) is 20.7. The zero-order valence-electron chi connectivity index (χ0n) is 19.9. The van der Waals surface area contributed by atoms with E-state index in [1.165, 1.54) is 36.5 Å². The molecule has 0 atom stereocenters. The Morgan fingerprint density at radius 1 is 1.00 bits per heavy atom. The molecule has 6 nitrogen and oxygen atoms in total. The Labute approximate surface area is 210 Å². The van der Waals surface area contributed by atoms with Crippen molar-refractivity contribution in [1.29, 1.82) is 0 Å². The quantitative estimate of drug-likeness (QED) is 0.291. The second-order valence-corrected chi connectivity index (χ2v) is 10.2. The molecule has 0 bridgehead atoms. The predicted octanol–water partition coefficient (Wildman–Crippen LogP) is 6.56. The molecule has 202 valence electrons. The molecule has 0 radical (unpaired) electrons. The third-order valence-corrected chi connectivity index (χ3v) is 7.24. The average molecular weight is 550 g/mol. The van der Waals surface area contributed by atoms with Crippen LogP contribution in [-0.4, -0.2) is 36.6 Å². The maximum atomic E-state index is 13.2. The summed E-state index contributed by atoms with van der Waals surface area (Å²) in [5.74, 6) is -1.82. The summed E-state index contributed by atoms with van der Waals surface area (Å²) in [5.41, 5.74) is -0.366. The fraction of sp³-hybridized carbons (Fsp3) is 0.375. The van der Waals surface area contributed by atoms with Crippen molar-refractivity contribution in [2.24, 2.45) is 0 Å². The molecular weight excluding hydrogens is 524 g/mol. The number of H-pyrrole nitrogens is 1. The normalized spacial score (nSPS) is 12.7. The van der Waals surface area contributed by atoms with E-state index in [4.69, 9.17) is 4.74 Å². The Hall–Kier alpha value is -3.22. The maximum Gasteiger partial charge on any atom is 0.416 e. The third-order valence-electron chi connectivity index (χ3n) is 5.53. The van der Waals surface area contributed by atoms with Crippen molar-refractivity contribution in [2.75, 3.05) is 10.1 Å². The second-order valence-electron chi connectivity index (χ2n) is 8.28. The van der Waals surface area contributed by atoms with E-state index >= 15 is 0 Å². The van der Waals surface area contributed by atoms with Crippen LogP contribution >= 0.6 is 0 Å². The van der Waals surface area contributed by atoms with Crippen LogP contribution in [0.15, 0.2) is 54.7 Å². The summed E-state index contributed by atoms with van der Waals surface area (Å²) in [6.45, 7) is 3.25. The third kappa shape index (κ3) is 7.40. The van der Waals surface area contributed by atoms with E-state index in [0.29, 0.717) is 17.1 Å². The molecule has 37 heavy (non-hydrogen) atoms. The van der Waals surface area contributed by atoms with Crippen LogP contribution in [0.3, 0.4) is 0 Å². The fourth-order valence-electron chi connectivity index (χ4n) is 3.66. The molecule has 1 N–H and O–H groups in total. The molecule has 0 saturated heterocycles. The van der Waals surface area contributed by atoms with Gasteiger partial charge in [-0.2, -0.15) is 31.4 Å². The minimum absolute atomic E-state index is 0.0627. The second kappa shape index (κ2) is 11.0. The summed E-state index contributed by atoms with van der Waals surface area (Å²) < 4.78 is 111. The van der Waals surface area contributed by atoms with Crippen molar-refractivity contribution in [3.05, 3.63) is 65.9 Å². The van der Waals surface area contributed by atoms with E-state index in [1.54, 1.807) is 6.07 Å². The lowest BCUT2D eigenvalue weighted by molar-refractivity contribution is -0.137. The minimum atomic E-state index is -5.01. The van der Waals surface area contributed by atoms with Gasteiger partial charge in [0.25, 0.3) is 0 Å². The summed E-state index contributed by atoms with van der Waals surface area (Å²) in [6.07, 6.45) is -7.18. The SMILES string of the molecule is CCC(CC)Oc1cccc(N(Cc2cn[nH]c2-c2ccc(C(F)(F)F)cc2)S(=O)(=O)CC(F)(F)F)c1. The lowest BCUT2D eigenvalue weighted by Gasteiger charge is -2.26. The number of aromatic amines is 1. The molecule has 3 aromatic rings. The highest BCUT2D eigenvalue weighted by molar-refractivity contribution is 7.92. The van der Waals surface area contributed by atoms with Gasteiger partial charge in [0.2, 0.25) is 10.0 Å².